The van der Waals surface area contributed by atoms with Gasteiger partial charge in [-0.2, -0.15) is 0 Å². The number of hydrogen-bond donors (Lipinski definition) is 2. The highest BCUT2D eigenvalue weighted by atomic mass is 19.3. The van der Waals surface area contributed by atoms with Gasteiger partial charge in [-0.1, -0.05) is 6.07 Å². The Labute approximate surface area is 174 Å². The van der Waals surface area contributed by atoms with Crippen LogP contribution in [0.1, 0.15) is 32.8 Å². The van der Waals surface area contributed by atoms with Crippen molar-refractivity contribution in [1.29, 1.82) is 0 Å². The molecule has 10 heteroatoms. The van der Waals surface area contributed by atoms with Gasteiger partial charge in [0.25, 0.3) is 11.8 Å². The number of rotatable bonds is 6. The number of carbonyl (C=O) groups is 2. The summed E-state index contributed by atoms with van der Waals surface area (Å²) in [5.41, 5.74) is -0.255. The number of ether oxygens (including phenoxy) is 3. The van der Waals surface area contributed by atoms with Crippen molar-refractivity contribution in [1.82, 2.24) is 10.2 Å². The monoisotopic (exact) mass is 430 g/mol. The van der Waals surface area contributed by atoms with Crippen molar-refractivity contribution in [3.8, 4) is 11.5 Å². The molecule has 1 aromatic rings. The predicted octanol–water partition coefficient (Wildman–Crippen LogP) is 2.33. The Morgan fingerprint density at radius 2 is 1.90 bits per heavy atom. The van der Waals surface area contributed by atoms with Crippen LogP contribution < -0.4 is 14.8 Å². The highest BCUT2D eigenvalue weighted by Crippen LogP contribution is 2.35. The van der Waals surface area contributed by atoms with Gasteiger partial charge in [0.2, 0.25) is 0 Å². The maximum Gasteiger partial charge on any atom is 0.410 e. The van der Waals surface area contributed by atoms with Crippen molar-refractivity contribution in [3.63, 3.8) is 0 Å². The van der Waals surface area contributed by atoms with Gasteiger partial charge in [-0.3, -0.25) is 9.69 Å². The predicted molar refractivity (Wildman–Crippen MR) is 104 cm³/mol. The third-order valence-corrected chi connectivity index (χ3v) is 4.49. The van der Waals surface area contributed by atoms with E-state index in [0.29, 0.717) is 22.0 Å². The van der Waals surface area contributed by atoms with Gasteiger partial charge in [0, 0.05) is 13.0 Å². The third-order valence-electron chi connectivity index (χ3n) is 4.49. The summed E-state index contributed by atoms with van der Waals surface area (Å²) in [5, 5.41) is 12.9. The van der Waals surface area contributed by atoms with Crippen LogP contribution in [0.5, 0.6) is 11.5 Å². The number of amides is 2. The molecule has 0 aliphatic carbocycles. The Hall–Kier alpha value is -2.62. The number of benzene rings is 1. The van der Waals surface area contributed by atoms with Gasteiger partial charge in [0.05, 0.1) is 26.8 Å². The fraction of sp³-hybridized carbons (Fsp3) is 0.600. The van der Waals surface area contributed by atoms with E-state index in [0.717, 1.165) is 0 Å². The van der Waals surface area contributed by atoms with Gasteiger partial charge >= 0.3 is 6.09 Å². The molecule has 30 heavy (non-hydrogen) atoms. The lowest BCUT2D eigenvalue weighted by Gasteiger charge is -2.30. The topological polar surface area (TPSA) is 97.3 Å². The molecular weight excluding hydrogens is 402 g/mol. The van der Waals surface area contributed by atoms with E-state index in [9.17, 15) is 23.5 Å². The summed E-state index contributed by atoms with van der Waals surface area (Å²) in [7, 11) is 2.96. The van der Waals surface area contributed by atoms with Crippen molar-refractivity contribution in [3.05, 3.63) is 23.8 Å². The summed E-state index contributed by atoms with van der Waals surface area (Å²) >= 11 is 0. The Morgan fingerprint density at radius 1 is 1.27 bits per heavy atom. The summed E-state index contributed by atoms with van der Waals surface area (Å²) < 4.78 is 43.4. The zero-order valence-corrected chi connectivity index (χ0v) is 17.7. The van der Waals surface area contributed by atoms with Crippen LogP contribution in [0.2, 0.25) is 0 Å². The van der Waals surface area contributed by atoms with Gasteiger partial charge in [-0.25, -0.2) is 13.6 Å². The summed E-state index contributed by atoms with van der Waals surface area (Å²) in [5.74, 6) is -3.14. The molecule has 1 aliphatic rings. The summed E-state index contributed by atoms with van der Waals surface area (Å²) in [4.78, 5) is 25.4. The van der Waals surface area contributed by atoms with Crippen LogP contribution >= 0.6 is 0 Å². The van der Waals surface area contributed by atoms with Crippen LogP contribution in [-0.2, 0) is 16.1 Å². The number of likely N-dealkylation sites (tertiary alicyclic amines) is 1. The van der Waals surface area contributed by atoms with E-state index in [4.69, 9.17) is 14.2 Å². The van der Waals surface area contributed by atoms with Crippen molar-refractivity contribution >= 4 is 12.0 Å². The first-order chi connectivity index (χ1) is 13.9. The van der Waals surface area contributed by atoms with Crippen LogP contribution in [-0.4, -0.2) is 66.4 Å². The van der Waals surface area contributed by atoms with E-state index in [1.807, 2.05) is 0 Å². The van der Waals surface area contributed by atoms with E-state index >= 15 is 0 Å². The van der Waals surface area contributed by atoms with Crippen LogP contribution in [0.15, 0.2) is 18.2 Å². The molecule has 0 bridgehead atoms. The molecule has 1 aliphatic heterocycles. The molecule has 0 spiro atoms. The fourth-order valence-electron chi connectivity index (χ4n) is 3.11. The van der Waals surface area contributed by atoms with E-state index in [2.05, 4.69) is 5.32 Å². The molecule has 1 saturated heterocycles. The normalized spacial score (nSPS) is 19.2. The van der Waals surface area contributed by atoms with Gasteiger partial charge in [0.1, 0.15) is 5.60 Å². The summed E-state index contributed by atoms with van der Waals surface area (Å²) in [6.07, 6.45) is -3.68. The number of aliphatic hydroxyl groups is 1. The third kappa shape index (κ3) is 5.94. The Kier molecular flexibility index (Phi) is 7.12. The number of nitrogens with zero attached hydrogens (tertiary/aromatic N) is 1. The molecule has 8 nitrogen and oxygen atoms in total. The molecule has 0 radical (unpaired) electrons. The Balaban J connectivity index is 2.07. The molecule has 2 amide bonds. The van der Waals surface area contributed by atoms with E-state index < -0.39 is 48.6 Å². The average Bonchev–Trinajstić information content (AvgIpc) is 2.99. The fourth-order valence-corrected chi connectivity index (χ4v) is 3.11. The zero-order valence-electron chi connectivity index (χ0n) is 17.7. The lowest BCUT2D eigenvalue weighted by Crippen LogP contribution is -2.50. The second kappa shape index (κ2) is 9.03. The molecule has 0 saturated carbocycles. The summed E-state index contributed by atoms with van der Waals surface area (Å²) in [6, 6.07) is 3.58. The molecule has 1 heterocycles. The van der Waals surface area contributed by atoms with Gasteiger partial charge in [-0.15, -0.1) is 0 Å². The van der Waals surface area contributed by atoms with Crippen molar-refractivity contribution in [2.75, 3.05) is 20.8 Å². The summed E-state index contributed by atoms with van der Waals surface area (Å²) in [6.45, 7) is 3.89. The van der Waals surface area contributed by atoms with Crippen LogP contribution in [0, 0.1) is 0 Å². The molecule has 0 aromatic heterocycles. The van der Waals surface area contributed by atoms with E-state index in [1.165, 1.54) is 14.2 Å². The first-order valence-corrected chi connectivity index (χ1v) is 9.41. The van der Waals surface area contributed by atoms with E-state index in [-0.39, 0.29) is 6.54 Å². The molecular formula is C20H28F2N2O6. The second-order valence-electron chi connectivity index (χ2n) is 8.09. The number of aliphatic hydroxyl groups excluding tert-OH is 1. The number of alkyl halides is 2. The minimum absolute atomic E-state index is 0.0196. The van der Waals surface area contributed by atoms with Crippen LogP contribution in [0.25, 0.3) is 0 Å². The first-order valence-electron chi connectivity index (χ1n) is 9.41. The van der Waals surface area contributed by atoms with Crippen molar-refractivity contribution < 1.29 is 37.7 Å². The van der Waals surface area contributed by atoms with Gasteiger partial charge in [-0.05, 0) is 38.5 Å². The minimum atomic E-state index is -3.23. The zero-order chi connectivity index (χ0) is 22.7. The number of methoxy groups -OCH3 is 2. The maximum atomic E-state index is 13.9. The Morgan fingerprint density at radius 3 is 2.47 bits per heavy atom. The smallest absolute Gasteiger partial charge is 0.410 e. The van der Waals surface area contributed by atoms with E-state index in [1.54, 1.807) is 39.0 Å². The molecule has 1 aromatic carbocycles. The standard InChI is InChI=1S/C20H28F2N2O6/c1-19(2,3)30-18(27)24-11-20(21,22)9-13(24)16(25)17(26)23-10-12-6-7-14(28-4)15(8-12)29-5/h6-8,13,16,25H,9-11H2,1-5H3,(H,23,26)/t13-,16?/m0/s1. The highest BCUT2D eigenvalue weighted by Gasteiger charge is 2.52. The number of carbonyl (C=O) groups excluding carboxylic acids is 2. The molecule has 168 valence electrons. The average molecular weight is 430 g/mol. The quantitative estimate of drug-likeness (QED) is 0.719. The Bertz CT molecular complexity index is 781. The lowest BCUT2D eigenvalue weighted by molar-refractivity contribution is -0.132. The largest absolute Gasteiger partial charge is 0.493 e. The van der Waals surface area contributed by atoms with Crippen molar-refractivity contribution in [2.45, 2.75) is 57.4 Å². The number of hydrogen-bond acceptors (Lipinski definition) is 6. The second-order valence-corrected chi connectivity index (χ2v) is 8.09. The highest BCUT2D eigenvalue weighted by molar-refractivity contribution is 5.82. The van der Waals surface area contributed by atoms with Gasteiger partial charge < -0.3 is 24.6 Å². The lowest BCUT2D eigenvalue weighted by atomic mass is 10.1. The molecule has 2 rings (SSSR count). The number of nitrogens with one attached hydrogen (secondary N) is 1. The van der Waals surface area contributed by atoms with Crippen LogP contribution in [0.4, 0.5) is 13.6 Å². The molecule has 1 unspecified atom stereocenters. The van der Waals surface area contributed by atoms with Crippen molar-refractivity contribution in [2.24, 2.45) is 0 Å². The molecule has 2 N–H and O–H groups in total. The van der Waals surface area contributed by atoms with Crippen LogP contribution in [0.3, 0.4) is 0 Å². The minimum Gasteiger partial charge on any atom is -0.493 e. The SMILES string of the molecule is COc1ccc(CNC(=O)C(O)[C@@H]2CC(F)(F)CN2C(=O)OC(C)(C)C)cc1OC. The number of halogens is 2. The molecule has 2 atom stereocenters. The van der Waals surface area contributed by atoms with Gasteiger partial charge in [0.15, 0.2) is 17.6 Å². The first kappa shape index (κ1) is 23.7. The maximum absolute atomic E-state index is 13.9. The molecule has 1 fully saturated rings.